The fourth-order valence-corrected chi connectivity index (χ4v) is 5.55. The number of rotatable bonds is 9. The van der Waals surface area contributed by atoms with Crippen LogP contribution in [0.5, 0.6) is 0 Å². The van der Waals surface area contributed by atoms with E-state index in [2.05, 4.69) is 10.5 Å². The standard InChI is InChI=1S/C21H19Cl4N2O5P/c1-3-30-33(29,31-4-2)21(24,25)20(28)26-14-8-5-7-13(11-14)18-12-17(27-32-18)19-15(22)9-6-10-16(19)23/h5-12H,3-4H2,1-2H3,(H,26,28). The molecule has 0 aliphatic heterocycles. The van der Waals surface area contributed by atoms with Crippen LogP contribution in [-0.2, 0) is 18.4 Å². The van der Waals surface area contributed by atoms with Gasteiger partial charge in [-0.2, -0.15) is 0 Å². The highest BCUT2D eigenvalue weighted by Gasteiger charge is 2.55. The van der Waals surface area contributed by atoms with E-state index in [1.54, 1.807) is 62.4 Å². The molecular weight excluding hydrogens is 533 g/mol. The van der Waals surface area contributed by atoms with Gasteiger partial charge in [-0.25, -0.2) is 0 Å². The van der Waals surface area contributed by atoms with E-state index in [-0.39, 0.29) is 13.2 Å². The van der Waals surface area contributed by atoms with E-state index in [4.69, 9.17) is 60.0 Å². The third-order valence-electron chi connectivity index (χ3n) is 4.35. The molecule has 12 heteroatoms. The van der Waals surface area contributed by atoms with Gasteiger partial charge >= 0.3 is 7.60 Å². The highest BCUT2D eigenvalue weighted by atomic mass is 35.5. The summed E-state index contributed by atoms with van der Waals surface area (Å²) in [6.07, 6.45) is 0. The van der Waals surface area contributed by atoms with Gasteiger partial charge in [0.15, 0.2) is 5.76 Å². The molecule has 0 saturated carbocycles. The van der Waals surface area contributed by atoms with Crippen LogP contribution in [0.15, 0.2) is 53.1 Å². The molecule has 0 saturated heterocycles. The van der Waals surface area contributed by atoms with E-state index >= 15 is 0 Å². The summed E-state index contributed by atoms with van der Waals surface area (Å²) in [7, 11) is -4.16. The largest absolute Gasteiger partial charge is 0.376 e. The molecule has 33 heavy (non-hydrogen) atoms. The normalized spacial score (nSPS) is 12.1. The van der Waals surface area contributed by atoms with E-state index in [0.717, 1.165) is 0 Å². The maximum absolute atomic E-state index is 12.9. The molecule has 0 fully saturated rings. The predicted octanol–water partition coefficient (Wildman–Crippen LogP) is 7.65. The van der Waals surface area contributed by atoms with Crippen molar-refractivity contribution >= 4 is 65.6 Å². The van der Waals surface area contributed by atoms with Crippen LogP contribution in [0, 0.1) is 0 Å². The Morgan fingerprint density at radius 1 is 1.06 bits per heavy atom. The first-order valence-corrected chi connectivity index (χ1v) is 12.8. The highest BCUT2D eigenvalue weighted by Crippen LogP contribution is 2.64. The number of nitrogens with zero attached hydrogens (tertiary/aromatic N) is 1. The first-order valence-electron chi connectivity index (χ1n) is 9.73. The SMILES string of the molecule is CCOP(=O)(OCC)C(Cl)(Cl)C(=O)Nc1cccc(-c2cc(-c3c(Cl)cccc3Cl)no2)c1. The van der Waals surface area contributed by atoms with Gasteiger partial charge in [-0.05, 0) is 38.1 Å². The molecule has 0 unspecified atom stereocenters. The van der Waals surface area contributed by atoms with Crippen LogP contribution in [0.2, 0.25) is 10.0 Å². The summed E-state index contributed by atoms with van der Waals surface area (Å²) in [5.41, 5.74) is 1.89. The molecule has 3 rings (SSSR count). The van der Waals surface area contributed by atoms with Gasteiger partial charge in [0.1, 0.15) is 5.69 Å². The number of aromatic nitrogens is 1. The number of carbonyl (C=O) groups is 1. The summed E-state index contributed by atoms with van der Waals surface area (Å²) in [5, 5.41) is 7.43. The molecule has 7 nitrogen and oxygen atoms in total. The first-order chi connectivity index (χ1) is 15.6. The molecule has 0 aliphatic carbocycles. The summed E-state index contributed by atoms with van der Waals surface area (Å²) in [5.74, 6) is -0.566. The van der Waals surface area contributed by atoms with Crippen LogP contribution in [0.3, 0.4) is 0 Å². The minimum atomic E-state index is -4.16. The number of hydrogen-bond donors (Lipinski definition) is 1. The minimum absolute atomic E-state index is 0.00942. The van der Waals surface area contributed by atoms with Crippen molar-refractivity contribution in [1.82, 2.24) is 5.16 Å². The maximum atomic E-state index is 12.9. The third kappa shape index (κ3) is 5.57. The first kappa shape index (κ1) is 26.0. The molecule has 1 heterocycles. The van der Waals surface area contributed by atoms with Crippen molar-refractivity contribution in [2.45, 2.75) is 17.9 Å². The Morgan fingerprint density at radius 2 is 1.67 bits per heavy atom. The Hall–Kier alpha value is -1.57. The summed E-state index contributed by atoms with van der Waals surface area (Å²) in [4.78, 5) is 12.8. The van der Waals surface area contributed by atoms with Gasteiger partial charge in [0.2, 0.25) is 0 Å². The van der Waals surface area contributed by atoms with Crippen molar-refractivity contribution in [1.29, 1.82) is 0 Å². The Morgan fingerprint density at radius 3 is 2.27 bits per heavy atom. The van der Waals surface area contributed by atoms with Crippen molar-refractivity contribution < 1.29 is 22.9 Å². The smallest absolute Gasteiger partial charge is 0.356 e. The van der Waals surface area contributed by atoms with Gasteiger partial charge in [-0.1, -0.05) is 69.8 Å². The molecule has 176 valence electrons. The molecule has 1 amide bonds. The number of hydrogen-bond acceptors (Lipinski definition) is 6. The van der Waals surface area contributed by atoms with E-state index in [1.807, 2.05) is 0 Å². The van der Waals surface area contributed by atoms with E-state index < -0.39 is 17.6 Å². The van der Waals surface area contributed by atoms with Gasteiger partial charge < -0.3 is 18.9 Å². The molecule has 0 atom stereocenters. The van der Waals surface area contributed by atoms with Crippen molar-refractivity contribution in [2.75, 3.05) is 18.5 Å². The zero-order valence-electron chi connectivity index (χ0n) is 17.5. The van der Waals surface area contributed by atoms with Crippen LogP contribution >= 0.6 is 54.0 Å². The van der Waals surface area contributed by atoms with E-state index in [0.29, 0.717) is 38.3 Å². The minimum Gasteiger partial charge on any atom is -0.356 e. The highest BCUT2D eigenvalue weighted by molar-refractivity contribution is 7.61. The van der Waals surface area contributed by atoms with Gasteiger partial charge in [-0.3, -0.25) is 9.36 Å². The lowest BCUT2D eigenvalue weighted by molar-refractivity contribution is -0.115. The summed E-state index contributed by atoms with van der Waals surface area (Å²) >= 11 is 24.8. The van der Waals surface area contributed by atoms with E-state index in [9.17, 15) is 9.36 Å². The average Bonchev–Trinajstić information content (AvgIpc) is 3.24. The Kier molecular flexibility index (Phi) is 8.51. The maximum Gasteiger partial charge on any atom is 0.376 e. The van der Waals surface area contributed by atoms with Gasteiger partial charge in [0.25, 0.3) is 9.98 Å². The number of alkyl halides is 2. The Bertz CT molecular complexity index is 1170. The number of halogens is 4. The molecule has 0 aliphatic rings. The van der Waals surface area contributed by atoms with E-state index in [1.165, 1.54) is 0 Å². The molecule has 3 aromatic rings. The zero-order chi connectivity index (χ0) is 24.2. The van der Waals surface area contributed by atoms with Crippen LogP contribution in [0.4, 0.5) is 5.69 Å². The van der Waals surface area contributed by atoms with Crippen molar-refractivity contribution in [2.24, 2.45) is 0 Å². The third-order valence-corrected chi connectivity index (χ3v) is 8.65. The molecule has 0 radical (unpaired) electrons. The number of carbonyl (C=O) groups excluding carboxylic acids is 1. The summed E-state index contributed by atoms with van der Waals surface area (Å²) in [6.45, 7) is 3.14. The monoisotopic (exact) mass is 550 g/mol. The van der Waals surface area contributed by atoms with Crippen LogP contribution in [-0.4, -0.2) is 28.4 Å². The van der Waals surface area contributed by atoms with Gasteiger partial charge in [0.05, 0.1) is 23.3 Å². The average molecular weight is 552 g/mol. The van der Waals surface area contributed by atoms with Crippen LogP contribution in [0.25, 0.3) is 22.6 Å². The predicted molar refractivity (Wildman–Crippen MR) is 131 cm³/mol. The lowest BCUT2D eigenvalue weighted by Crippen LogP contribution is -2.34. The molecule has 0 spiro atoms. The quantitative estimate of drug-likeness (QED) is 0.217. The second-order valence-corrected chi connectivity index (χ2v) is 11.4. The van der Waals surface area contributed by atoms with Gasteiger partial charge in [-0.15, -0.1) is 0 Å². The van der Waals surface area contributed by atoms with Gasteiger partial charge in [0, 0.05) is 22.9 Å². The second kappa shape index (κ2) is 10.8. The number of nitrogens with one attached hydrogen (secondary N) is 1. The van der Waals surface area contributed by atoms with Crippen molar-refractivity contribution in [3.8, 4) is 22.6 Å². The van der Waals surface area contributed by atoms with Crippen LogP contribution < -0.4 is 5.32 Å². The molecule has 2 aromatic carbocycles. The fourth-order valence-electron chi connectivity index (χ4n) is 2.89. The number of benzene rings is 2. The van der Waals surface area contributed by atoms with Crippen molar-refractivity contribution in [3.63, 3.8) is 0 Å². The van der Waals surface area contributed by atoms with Crippen LogP contribution in [0.1, 0.15) is 13.8 Å². The zero-order valence-corrected chi connectivity index (χ0v) is 21.4. The fraction of sp³-hybridized carbons (Fsp3) is 0.238. The lowest BCUT2D eigenvalue weighted by atomic mass is 10.1. The lowest BCUT2D eigenvalue weighted by Gasteiger charge is -2.27. The number of amides is 1. The molecular formula is C21H19Cl4N2O5P. The van der Waals surface area contributed by atoms with Crippen molar-refractivity contribution in [3.05, 3.63) is 58.6 Å². The number of anilines is 1. The Balaban J connectivity index is 1.86. The molecule has 0 bridgehead atoms. The molecule has 1 aromatic heterocycles. The Labute approximate surface area is 210 Å². The second-order valence-electron chi connectivity index (χ2n) is 6.58. The summed E-state index contributed by atoms with van der Waals surface area (Å²) < 4.78 is 26.1. The molecule has 1 N–H and O–H groups in total. The topological polar surface area (TPSA) is 90.7 Å². The summed E-state index contributed by atoms with van der Waals surface area (Å²) in [6, 6.07) is 13.4.